The van der Waals surface area contributed by atoms with Gasteiger partial charge in [-0.2, -0.15) is 13.2 Å². The summed E-state index contributed by atoms with van der Waals surface area (Å²) in [5, 5.41) is 0. The van der Waals surface area contributed by atoms with Crippen LogP contribution in [0.1, 0.15) is 10.4 Å². The molecule has 0 aromatic heterocycles. The molecule has 1 aromatic rings. The van der Waals surface area contributed by atoms with Crippen molar-refractivity contribution in [3.8, 4) is 5.75 Å². The van der Waals surface area contributed by atoms with Gasteiger partial charge in [0.05, 0.1) is 4.47 Å². The van der Waals surface area contributed by atoms with E-state index >= 15 is 0 Å². The second-order valence-electron chi connectivity index (χ2n) is 2.71. The predicted octanol–water partition coefficient (Wildman–Crippen LogP) is 3.20. The molecule has 15 heavy (non-hydrogen) atoms. The molecule has 0 aliphatic rings. The Balaban J connectivity index is 2.74. The molecule has 1 rings (SSSR count). The normalized spacial score (nSPS) is 11.2. The molecule has 0 heterocycles. The minimum Gasteiger partial charge on any atom is -0.483 e. The number of ether oxygens (including phenoxy) is 1. The van der Waals surface area contributed by atoms with Crippen molar-refractivity contribution in [2.75, 3.05) is 6.61 Å². The molecule has 0 spiro atoms. The van der Waals surface area contributed by atoms with Crippen molar-refractivity contribution in [1.82, 2.24) is 0 Å². The van der Waals surface area contributed by atoms with Crippen LogP contribution in [0.4, 0.5) is 13.2 Å². The fourth-order valence-electron chi connectivity index (χ4n) is 0.867. The second-order valence-corrected chi connectivity index (χ2v) is 3.57. The minimum absolute atomic E-state index is 0.0536. The molecular formula is C9H6BrF3O2. The molecule has 0 bridgehead atoms. The molecule has 0 amide bonds. The van der Waals surface area contributed by atoms with Gasteiger partial charge >= 0.3 is 6.18 Å². The average Bonchev–Trinajstić information content (AvgIpc) is 2.14. The highest BCUT2D eigenvalue weighted by atomic mass is 79.9. The van der Waals surface area contributed by atoms with Crippen LogP contribution in [-0.4, -0.2) is 19.1 Å². The summed E-state index contributed by atoms with van der Waals surface area (Å²) in [5.74, 6) is 0.0536. The van der Waals surface area contributed by atoms with Crippen molar-refractivity contribution in [2.24, 2.45) is 0 Å². The molecule has 0 radical (unpaired) electrons. The SMILES string of the molecule is O=Cc1ccc(OCC(F)(F)F)c(Br)c1. The average molecular weight is 283 g/mol. The number of rotatable bonds is 3. The molecule has 0 unspecified atom stereocenters. The number of aldehydes is 1. The van der Waals surface area contributed by atoms with Crippen LogP contribution in [0.15, 0.2) is 22.7 Å². The zero-order chi connectivity index (χ0) is 11.5. The molecule has 2 nitrogen and oxygen atoms in total. The lowest BCUT2D eigenvalue weighted by Gasteiger charge is -2.10. The van der Waals surface area contributed by atoms with Crippen molar-refractivity contribution in [3.05, 3.63) is 28.2 Å². The predicted molar refractivity (Wildman–Crippen MR) is 51.1 cm³/mol. The summed E-state index contributed by atoms with van der Waals surface area (Å²) in [5.41, 5.74) is 0.362. The largest absolute Gasteiger partial charge is 0.483 e. The highest BCUT2D eigenvalue weighted by molar-refractivity contribution is 9.10. The molecule has 0 aliphatic carbocycles. The Morgan fingerprint density at radius 1 is 1.40 bits per heavy atom. The van der Waals surface area contributed by atoms with E-state index in [4.69, 9.17) is 0 Å². The zero-order valence-electron chi connectivity index (χ0n) is 7.34. The van der Waals surface area contributed by atoms with Crippen LogP contribution in [0.2, 0.25) is 0 Å². The van der Waals surface area contributed by atoms with Gasteiger partial charge in [0.15, 0.2) is 6.61 Å². The van der Waals surface area contributed by atoms with Gasteiger partial charge in [0.2, 0.25) is 0 Å². The van der Waals surface area contributed by atoms with Crippen LogP contribution in [0, 0.1) is 0 Å². The van der Waals surface area contributed by atoms with Gasteiger partial charge in [0, 0.05) is 5.56 Å². The van der Waals surface area contributed by atoms with Crippen LogP contribution >= 0.6 is 15.9 Å². The summed E-state index contributed by atoms with van der Waals surface area (Å²) in [4.78, 5) is 10.3. The molecule has 6 heteroatoms. The summed E-state index contributed by atoms with van der Waals surface area (Å²) < 4.78 is 40.3. The Labute approximate surface area is 92.2 Å². The summed E-state index contributed by atoms with van der Waals surface area (Å²) >= 11 is 3.00. The Morgan fingerprint density at radius 2 is 2.07 bits per heavy atom. The maximum atomic E-state index is 11.8. The molecule has 0 atom stereocenters. The summed E-state index contributed by atoms with van der Waals surface area (Å²) in [6.45, 7) is -1.36. The molecule has 0 N–H and O–H groups in total. The Bertz CT molecular complexity index is 363. The maximum Gasteiger partial charge on any atom is 0.422 e. The van der Waals surface area contributed by atoms with E-state index in [9.17, 15) is 18.0 Å². The number of benzene rings is 1. The molecule has 0 saturated heterocycles. The van der Waals surface area contributed by atoms with E-state index in [1.807, 2.05) is 0 Å². The Hall–Kier alpha value is -1.04. The lowest BCUT2D eigenvalue weighted by Crippen LogP contribution is -2.19. The van der Waals surface area contributed by atoms with Gasteiger partial charge < -0.3 is 4.74 Å². The Kier molecular flexibility index (Phi) is 3.73. The fraction of sp³-hybridized carbons (Fsp3) is 0.222. The van der Waals surface area contributed by atoms with Gasteiger partial charge in [0.25, 0.3) is 0 Å². The van der Waals surface area contributed by atoms with E-state index in [0.717, 1.165) is 0 Å². The third kappa shape index (κ3) is 3.91. The first-order valence-corrected chi connectivity index (χ1v) is 4.66. The minimum atomic E-state index is -4.37. The summed E-state index contributed by atoms with van der Waals surface area (Å²) in [6, 6.07) is 4.07. The van der Waals surface area contributed by atoms with Crippen LogP contribution in [0.25, 0.3) is 0 Å². The molecule has 0 aliphatic heterocycles. The van der Waals surface area contributed by atoms with Crippen LogP contribution < -0.4 is 4.74 Å². The standard InChI is InChI=1S/C9H6BrF3O2/c10-7-3-6(4-14)1-2-8(7)15-5-9(11,12)13/h1-4H,5H2. The maximum absolute atomic E-state index is 11.8. The second kappa shape index (κ2) is 4.65. The van der Waals surface area contributed by atoms with E-state index in [-0.39, 0.29) is 5.75 Å². The molecule has 82 valence electrons. The molecule has 1 aromatic carbocycles. The first-order chi connectivity index (χ1) is 6.92. The molecule has 0 saturated carbocycles. The summed E-state index contributed by atoms with van der Waals surface area (Å²) in [7, 11) is 0. The third-order valence-corrected chi connectivity index (χ3v) is 2.10. The number of carbonyl (C=O) groups is 1. The number of carbonyl (C=O) groups excluding carboxylic acids is 1. The smallest absolute Gasteiger partial charge is 0.422 e. The highest BCUT2D eigenvalue weighted by Crippen LogP contribution is 2.27. The monoisotopic (exact) mass is 282 g/mol. The molecular weight excluding hydrogens is 277 g/mol. The topological polar surface area (TPSA) is 26.3 Å². The van der Waals surface area contributed by atoms with E-state index < -0.39 is 12.8 Å². The van der Waals surface area contributed by atoms with E-state index in [2.05, 4.69) is 20.7 Å². The number of alkyl halides is 3. The zero-order valence-corrected chi connectivity index (χ0v) is 8.93. The van der Waals surface area contributed by atoms with Crippen LogP contribution in [0.3, 0.4) is 0 Å². The lowest BCUT2D eigenvalue weighted by molar-refractivity contribution is -0.153. The van der Waals surface area contributed by atoms with Gasteiger partial charge in [-0.15, -0.1) is 0 Å². The van der Waals surface area contributed by atoms with Crippen molar-refractivity contribution >= 4 is 22.2 Å². The quantitative estimate of drug-likeness (QED) is 0.796. The first-order valence-electron chi connectivity index (χ1n) is 3.86. The number of halogens is 4. The fourth-order valence-corrected chi connectivity index (χ4v) is 1.38. The number of hydrogen-bond donors (Lipinski definition) is 0. The highest BCUT2D eigenvalue weighted by Gasteiger charge is 2.28. The van der Waals surface area contributed by atoms with Crippen molar-refractivity contribution < 1.29 is 22.7 Å². The van der Waals surface area contributed by atoms with Gasteiger partial charge in [-0.1, -0.05) is 0 Å². The third-order valence-electron chi connectivity index (χ3n) is 1.48. The van der Waals surface area contributed by atoms with Crippen molar-refractivity contribution in [3.63, 3.8) is 0 Å². The Morgan fingerprint density at radius 3 is 2.53 bits per heavy atom. The number of hydrogen-bond acceptors (Lipinski definition) is 2. The van der Waals surface area contributed by atoms with Crippen molar-refractivity contribution in [1.29, 1.82) is 0 Å². The van der Waals surface area contributed by atoms with Gasteiger partial charge in [-0.3, -0.25) is 4.79 Å². The van der Waals surface area contributed by atoms with Crippen LogP contribution in [0.5, 0.6) is 5.75 Å². The van der Waals surface area contributed by atoms with Gasteiger partial charge in [-0.05, 0) is 34.1 Å². The molecule has 0 fully saturated rings. The summed E-state index contributed by atoms with van der Waals surface area (Å²) in [6.07, 6.45) is -3.78. The van der Waals surface area contributed by atoms with Crippen molar-refractivity contribution in [2.45, 2.75) is 6.18 Å². The van der Waals surface area contributed by atoms with Crippen LogP contribution in [-0.2, 0) is 0 Å². The van der Waals surface area contributed by atoms with Gasteiger partial charge in [-0.25, -0.2) is 0 Å². The van der Waals surface area contributed by atoms with E-state index in [1.165, 1.54) is 18.2 Å². The van der Waals surface area contributed by atoms with E-state index in [0.29, 0.717) is 16.3 Å². The van der Waals surface area contributed by atoms with Gasteiger partial charge in [0.1, 0.15) is 12.0 Å². The van der Waals surface area contributed by atoms with E-state index in [1.54, 1.807) is 0 Å². The lowest BCUT2D eigenvalue weighted by atomic mass is 10.2. The first kappa shape index (κ1) is 12.0.